The Labute approximate surface area is 208 Å². The third-order valence-corrected chi connectivity index (χ3v) is 8.84. The van der Waals surface area contributed by atoms with E-state index in [-0.39, 0.29) is 0 Å². The van der Waals surface area contributed by atoms with Crippen LogP contribution in [0.4, 0.5) is 0 Å². The molecule has 1 unspecified atom stereocenters. The van der Waals surface area contributed by atoms with Crippen LogP contribution in [0, 0.1) is 0 Å². The minimum Gasteiger partial charge on any atom is -0.0616 e. The van der Waals surface area contributed by atoms with Crippen LogP contribution < -0.4 is 10.6 Å². The first-order chi connectivity index (χ1) is 17.3. The van der Waals surface area contributed by atoms with Crippen LogP contribution >= 0.6 is 8.58 Å². The molecule has 6 aromatic carbocycles. The summed E-state index contributed by atoms with van der Waals surface area (Å²) in [6.45, 7) is 0. The van der Waals surface area contributed by atoms with E-state index in [2.05, 4.69) is 121 Å². The first kappa shape index (κ1) is 20.6. The summed E-state index contributed by atoms with van der Waals surface area (Å²) >= 11 is 0. The summed E-state index contributed by atoms with van der Waals surface area (Å²) in [7, 11) is 0.722. The van der Waals surface area contributed by atoms with Crippen molar-refractivity contribution in [1.82, 2.24) is 0 Å². The number of rotatable bonds is 3. The first-order valence-corrected chi connectivity index (χ1v) is 13.3. The Morgan fingerprint density at radius 3 is 2.23 bits per heavy atom. The largest absolute Gasteiger partial charge is 0.0616 e. The molecule has 0 amide bonds. The smallest absolute Gasteiger partial charge is 0.00126 e. The molecule has 1 atom stereocenters. The molecular formula is C34H25P. The maximum Gasteiger partial charge on any atom is -0.00126 e. The van der Waals surface area contributed by atoms with Crippen molar-refractivity contribution >= 4 is 40.7 Å². The van der Waals surface area contributed by atoms with Crippen molar-refractivity contribution in [3.8, 4) is 11.1 Å². The molecule has 0 aromatic heterocycles. The lowest BCUT2D eigenvalue weighted by atomic mass is 9.95. The maximum atomic E-state index is 2.43. The highest BCUT2D eigenvalue weighted by Crippen LogP contribution is 2.32. The third kappa shape index (κ3) is 3.85. The van der Waals surface area contributed by atoms with Crippen LogP contribution in [0.25, 0.3) is 32.7 Å². The fourth-order valence-electron chi connectivity index (χ4n) is 5.44. The molecule has 1 aliphatic rings. The van der Waals surface area contributed by atoms with E-state index in [4.69, 9.17) is 0 Å². The molecule has 0 saturated carbocycles. The van der Waals surface area contributed by atoms with Gasteiger partial charge in [-0.15, -0.1) is 0 Å². The van der Waals surface area contributed by atoms with Crippen molar-refractivity contribution in [2.45, 2.75) is 12.8 Å². The van der Waals surface area contributed by atoms with E-state index in [1.807, 2.05) is 0 Å². The molecule has 166 valence electrons. The fourth-order valence-corrected chi connectivity index (χ4v) is 6.89. The van der Waals surface area contributed by atoms with Gasteiger partial charge in [-0.1, -0.05) is 130 Å². The van der Waals surface area contributed by atoms with Gasteiger partial charge in [-0.05, 0) is 78.4 Å². The van der Waals surface area contributed by atoms with E-state index >= 15 is 0 Å². The molecule has 0 bridgehead atoms. The van der Waals surface area contributed by atoms with E-state index in [9.17, 15) is 0 Å². The molecular weight excluding hydrogens is 439 g/mol. The predicted molar refractivity (Wildman–Crippen MR) is 153 cm³/mol. The monoisotopic (exact) mass is 464 g/mol. The Bertz CT molecular complexity index is 1730. The zero-order valence-corrected chi connectivity index (χ0v) is 20.5. The maximum absolute atomic E-state index is 2.43. The molecule has 0 radical (unpaired) electrons. The highest BCUT2D eigenvalue weighted by Gasteiger charge is 2.18. The summed E-state index contributed by atoms with van der Waals surface area (Å²) in [6.07, 6.45) is 1.97. The summed E-state index contributed by atoms with van der Waals surface area (Å²) < 4.78 is 0. The predicted octanol–water partition coefficient (Wildman–Crippen LogP) is 7.78. The average molecular weight is 465 g/mol. The zero-order valence-electron chi connectivity index (χ0n) is 19.5. The van der Waals surface area contributed by atoms with E-state index in [1.165, 1.54) is 65.5 Å². The second-order valence-electron chi connectivity index (χ2n) is 9.55. The lowest BCUT2D eigenvalue weighted by Crippen LogP contribution is -2.20. The molecule has 6 aromatic rings. The van der Waals surface area contributed by atoms with Gasteiger partial charge in [0.25, 0.3) is 0 Å². The van der Waals surface area contributed by atoms with Gasteiger partial charge in [0.2, 0.25) is 0 Å². The van der Waals surface area contributed by atoms with Gasteiger partial charge in [0.15, 0.2) is 0 Å². The summed E-state index contributed by atoms with van der Waals surface area (Å²) in [5.74, 6) is 0. The second kappa shape index (κ2) is 8.49. The minimum atomic E-state index is 0.722. The molecule has 1 heterocycles. The van der Waals surface area contributed by atoms with Crippen molar-refractivity contribution < 1.29 is 0 Å². The minimum absolute atomic E-state index is 0.722. The van der Waals surface area contributed by atoms with Crippen LogP contribution in [-0.4, -0.2) is 0 Å². The van der Waals surface area contributed by atoms with Crippen LogP contribution in [0.5, 0.6) is 0 Å². The summed E-state index contributed by atoms with van der Waals surface area (Å²) in [5.41, 5.74) is 8.29. The average Bonchev–Trinajstić information content (AvgIpc) is 2.92. The Hall–Kier alpha value is -3.73. The van der Waals surface area contributed by atoms with Crippen LogP contribution in [0.2, 0.25) is 0 Å². The summed E-state index contributed by atoms with van der Waals surface area (Å²) in [5, 5.41) is 8.39. The van der Waals surface area contributed by atoms with Gasteiger partial charge in [-0.3, -0.25) is 0 Å². The van der Waals surface area contributed by atoms with Crippen molar-refractivity contribution in [3.05, 3.63) is 144 Å². The third-order valence-electron chi connectivity index (χ3n) is 7.24. The molecule has 0 saturated heterocycles. The van der Waals surface area contributed by atoms with Gasteiger partial charge in [0.1, 0.15) is 0 Å². The quantitative estimate of drug-likeness (QED) is 0.234. The van der Waals surface area contributed by atoms with Crippen molar-refractivity contribution in [2.75, 3.05) is 0 Å². The van der Waals surface area contributed by atoms with Crippen molar-refractivity contribution in [3.63, 3.8) is 0 Å². The topological polar surface area (TPSA) is 0 Å². The number of hydrogen-bond acceptors (Lipinski definition) is 0. The molecule has 0 spiro atoms. The van der Waals surface area contributed by atoms with Gasteiger partial charge in [0.05, 0.1) is 0 Å². The van der Waals surface area contributed by atoms with Crippen LogP contribution in [0.15, 0.2) is 121 Å². The molecule has 7 rings (SSSR count). The van der Waals surface area contributed by atoms with Gasteiger partial charge < -0.3 is 0 Å². The Morgan fingerprint density at radius 2 is 1.29 bits per heavy atom. The molecule has 0 fully saturated rings. The SMILES string of the molecule is c1cc(Cc2ccc3ccccc3c2)cc(-c2ccc3c(c2)Cc2ccc4ccccc4c2P3)c1. The highest BCUT2D eigenvalue weighted by molar-refractivity contribution is 7.56. The zero-order chi connectivity index (χ0) is 23.2. The second-order valence-corrected chi connectivity index (χ2v) is 10.8. The van der Waals surface area contributed by atoms with E-state index < -0.39 is 0 Å². The normalized spacial score (nSPS) is 13.1. The standard InChI is InChI=1S/C34H25P/c1-2-9-27-20-24(12-13-25(27)7-1)18-23-6-5-10-28(19-23)29-16-17-33-31(21-29)22-30-15-14-26-8-3-4-11-32(26)34(30)35-33/h1-17,19-21,35H,18,22H2. The first-order valence-electron chi connectivity index (χ1n) is 12.3. The number of benzene rings is 6. The van der Waals surface area contributed by atoms with Crippen LogP contribution in [0.1, 0.15) is 22.3 Å². The molecule has 1 heteroatoms. The Kier molecular flexibility index (Phi) is 5.00. The summed E-state index contributed by atoms with van der Waals surface area (Å²) in [4.78, 5) is 0. The highest BCUT2D eigenvalue weighted by atomic mass is 31.1. The Morgan fingerprint density at radius 1 is 0.514 bits per heavy atom. The fraction of sp³-hybridized carbons (Fsp3) is 0.0588. The molecule has 35 heavy (non-hydrogen) atoms. The van der Waals surface area contributed by atoms with Crippen LogP contribution in [-0.2, 0) is 12.8 Å². The van der Waals surface area contributed by atoms with E-state index in [0.29, 0.717) is 0 Å². The molecule has 0 aliphatic carbocycles. The summed E-state index contributed by atoms with van der Waals surface area (Å²) in [6, 6.07) is 45.0. The van der Waals surface area contributed by atoms with Crippen LogP contribution in [0.3, 0.4) is 0 Å². The molecule has 0 N–H and O–H groups in total. The van der Waals surface area contributed by atoms with Gasteiger partial charge >= 0.3 is 0 Å². The van der Waals surface area contributed by atoms with E-state index in [0.717, 1.165) is 21.4 Å². The lowest BCUT2D eigenvalue weighted by molar-refractivity contribution is 1.20. The van der Waals surface area contributed by atoms with Gasteiger partial charge in [-0.25, -0.2) is 0 Å². The molecule has 0 nitrogen and oxygen atoms in total. The van der Waals surface area contributed by atoms with Gasteiger partial charge in [-0.2, -0.15) is 0 Å². The van der Waals surface area contributed by atoms with Crippen molar-refractivity contribution in [1.29, 1.82) is 0 Å². The number of hydrogen-bond donors (Lipinski definition) is 0. The lowest BCUT2D eigenvalue weighted by Gasteiger charge is -2.22. The van der Waals surface area contributed by atoms with Gasteiger partial charge in [0, 0.05) is 0 Å². The number of fused-ring (bicyclic) bond motifs is 5. The van der Waals surface area contributed by atoms with Crippen molar-refractivity contribution in [2.24, 2.45) is 0 Å². The molecule has 1 aliphatic heterocycles. The Balaban J connectivity index is 1.19. The van der Waals surface area contributed by atoms with E-state index in [1.54, 1.807) is 0 Å².